The van der Waals surface area contributed by atoms with Gasteiger partial charge in [-0.3, -0.25) is 14.9 Å². The van der Waals surface area contributed by atoms with Crippen molar-refractivity contribution in [1.29, 1.82) is 0 Å². The second-order valence-corrected chi connectivity index (χ2v) is 7.77. The SMILES string of the molecule is O=C(/C=C/c1ccco1)N1CCN(S(=O)(=O)c2ccc([N+](=O)[O-])cc2)CC1. The van der Waals surface area contributed by atoms with E-state index in [0.717, 1.165) is 12.1 Å². The normalized spacial score (nSPS) is 15.9. The van der Waals surface area contributed by atoms with Gasteiger partial charge in [0.25, 0.3) is 5.69 Å². The van der Waals surface area contributed by atoms with E-state index < -0.39 is 14.9 Å². The van der Waals surface area contributed by atoms with E-state index in [4.69, 9.17) is 4.42 Å². The van der Waals surface area contributed by atoms with E-state index in [0.29, 0.717) is 5.76 Å². The van der Waals surface area contributed by atoms with Crippen molar-refractivity contribution >= 4 is 27.7 Å². The molecular formula is C17H17N3O6S. The first-order valence-electron chi connectivity index (χ1n) is 8.13. The van der Waals surface area contributed by atoms with Gasteiger partial charge in [-0.2, -0.15) is 4.31 Å². The highest BCUT2D eigenvalue weighted by Crippen LogP contribution is 2.21. The Balaban J connectivity index is 1.62. The Bertz CT molecular complexity index is 943. The van der Waals surface area contributed by atoms with Gasteiger partial charge in [-0.1, -0.05) is 0 Å². The fourth-order valence-electron chi connectivity index (χ4n) is 2.68. The fraction of sp³-hybridized carbons (Fsp3) is 0.235. The van der Waals surface area contributed by atoms with Crippen molar-refractivity contribution in [3.05, 3.63) is 64.6 Å². The van der Waals surface area contributed by atoms with Crippen molar-refractivity contribution in [3.63, 3.8) is 0 Å². The average Bonchev–Trinajstić information content (AvgIpc) is 3.20. The van der Waals surface area contributed by atoms with Gasteiger partial charge in [0, 0.05) is 44.4 Å². The molecule has 1 saturated heterocycles. The lowest BCUT2D eigenvalue weighted by Gasteiger charge is -2.33. The summed E-state index contributed by atoms with van der Waals surface area (Å²) < 4.78 is 31.7. The van der Waals surface area contributed by atoms with Crippen LogP contribution in [0.15, 0.2) is 58.1 Å². The molecule has 142 valence electrons. The fourth-order valence-corrected chi connectivity index (χ4v) is 4.10. The maximum Gasteiger partial charge on any atom is 0.269 e. The number of sulfonamides is 1. The summed E-state index contributed by atoms with van der Waals surface area (Å²) in [6, 6.07) is 8.19. The first-order chi connectivity index (χ1) is 12.9. The van der Waals surface area contributed by atoms with Crippen molar-refractivity contribution in [2.45, 2.75) is 4.90 Å². The Morgan fingerprint density at radius 3 is 2.33 bits per heavy atom. The van der Waals surface area contributed by atoms with E-state index in [9.17, 15) is 23.3 Å². The number of carbonyl (C=O) groups is 1. The number of benzene rings is 1. The molecule has 0 saturated carbocycles. The monoisotopic (exact) mass is 391 g/mol. The van der Waals surface area contributed by atoms with E-state index in [1.165, 1.54) is 28.8 Å². The molecule has 0 radical (unpaired) electrons. The summed E-state index contributed by atoms with van der Waals surface area (Å²) >= 11 is 0. The third kappa shape index (κ3) is 4.23. The highest BCUT2D eigenvalue weighted by molar-refractivity contribution is 7.89. The molecule has 27 heavy (non-hydrogen) atoms. The van der Waals surface area contributed by atoms with Crippen LogP contribution >= 0.6 is 0 Å². The van der Waals surface area contributed by atoms with Crippen LogP contribution in [0.2, 0.25) is 0 Å². The molecule has 3 rings (SSSR count). The number of hydrogen-bond acceptors (Lipinski definition) is 6. The summed E-state index contributed by atoms with van der Waals surface area (Å²) in [5.74, 6) is 0.335. The van der Waals surface area contributed by atoms with Crippen LogP contribution in [0.25, 0.3) is 6.08 Å². The van der Waals surface area contributed by atoms with E-state index in [2.05, 4.69) is 0 Å². The summed E-state index contributed by atoms with van der Waals surface area (Å²) in [6.45, 7) is 0.820. The largest absolute Gasteiger partial charge is 0.465 e. The van der Waals surface area contributed by atoms with Crippen LogP contribution in [-0.4, -0.2) is 54.6 Å². The van der Waals surface area contributed by atoms with Crippen molar-refractivity contribution in [2.75, 3.05) is 26.2 Å². The lowest BCUT2D eigenvalue weighted by Crippen LogP contribution is -2.50. The minimum absolute atomic E-state index is 0.00871. The van der Waals surface area contributed by atoms with Crippen molar-refractivity contribution in [2.24, 2.45) is 0 Å². The van der Waals surface area contributed by atoms with Gasteiger partial charge >= 0.3 is 0 Å². The minimum atomic E-state index is -3.76. The van der Waals surface area contributed by atoms with Crippen LogP contribution < -0.4 is 0 Å². The van der Waals surface area contributed by atoms with Gasteiger partial charge in [0.15, 0.2) is 0 Å². The standard InChI is InChI=1S/C17H17N3O6S/c21-17(8-5-15-2-1-13-26-15)18-9-11-19(12-10-18)27(24,25)16-6-3-14(4-7-16)20(22)23/h1-8,13H,9-12H2/b8-5+. The van der Waals surface area contributed by atoms with Gasteiger partial charge in [0.05, 0.1) is 16.1 Å². The Morgan fingerprint density at radius 2 is 1.78 bits per heavy atom. The molecule has 1 aromatic heterocycles. The molecule has 2 aromatic rings. The number of amides is 1. The van der Waals surface area contributed by atoms with E-state index >= 15 is 0 Å². The molecule has 0 bridgehead atoms. The number of non-ortho nitro benzene ring substituents is 1. The predicted octanol–water partition coefficient (Wildman–Crippen LogP) is 1.73. The summed E-state index contributed by atoms with van der Waals surface area (Å²) in [5.41, 5.74) is -0.173. The molecule has 1 fully saturated rings. The van der Waals surface area contributed by atoms with Crippen LogP contribution in [0.4, 0.5) is 5.69 Å². The van der Waals surface area contributed by atoms with Crippen LogP contribution in [0.1, 0.15) is 5.76 Å². The Labute approximate surface area is 155 Å². The lowest BCUT2D eigenvalue weighted by molar-refractivity contribution is -0.384. The summed E-state index contributed by atoms with van der Waals surface area (Å²) in [7, 11) is -3.76. The lowest BCUT2D eigenvalue weighted by atomic mass is 10.3. The second kappa shape index (κ2) is 7.72. The van der Waals surface area contributed by atoms with Crippen LogP contribution in [0.5, 0.6) is 0 Å². The smallest absolute Gasteiger partial charge is 0.269 e. The van der Waals surface area contributed by atoms with Gasteiger partial charge in [0.2, 0.25) is 15.9 Å². The van der Waals surface area contributed by atoms with Gasteiger partial charge in [-0.25, -0.2) is 8.42 Å². The average molecular weight is 391 g/mol. The number of piperazine rings is 1. The number of nitrogens with zero attached hydrogens (tertiary/aromatic N) is 3. The molecule has 1 aliphatic rings. The number of nitro benzene ring substituents is 1. The first kappa shape index (κ1) is 18.8. The van der Waals surface area contributed by atoms with Crippen LogP contribution in [0.3, 0.4) is 0 Å². The number of rotatable bonds is 5. The van der Waals surface area contributed by atoms with Crippen molar-refractivity contribution in [3.8, 4) is 0 Å². The van der Waals surface area contributed by atoms with Gasteiger partial charge in [-0.05, 0) is 30.3 Å². The topological polar surface area (TPSA) is 114 Å². The number of hydrogen-bond donors (Lipinski definition) is 0. The Kier molecular flexibility index (Phi) is 5.38. The summed E-state index contributed by atoms with van der Waals surface area (Å²) in [6.07, 6.45) is 4.45. The van der Waals surface area contributed by atoms with E-state index in [-0.39, 0.29) is 42.7 Å². The molecule has 1 amide bonds. The summed E-state index contributed by atoms with van der Waals surface area (Å²) in [5, 5.41) is 10.7. The molecule has 10 heteroatoms. The maximum atomic E-state index is 12.7. The van der Waals surface area contributed by atoms with Gasteiger partial charge in [0.1, 0.15) is 5.76 Å². The number of nitro groups is 1. The highest BCUT2D eigenvalue weighted by atomic mass is 32.2. The zero-order valence-corrected chi connectivity index (χ0v) is 15.0. The third-order valence-corrected chi connectivity index (χ3v) is 6.08. The highest BCUT2D eigenvalue weighted by Gasteiger charge is 2.29. The molecule has 0 N–H and O–H groups in total. The number of furan rings is 1. The third-order valence-electron chi connectivity index (χ3n) is 4.17. The van der Waals surface area contributed by atoms with Crippen molar-refractivity contribution in [1.82, 2.24) is 9.21 Å². The first-order valence-corrected chi connectivity index (χ1v) is 9.57. The Morgan fingerprint density at radius 1 is 1.11 bits per heavy atom. The van der Waals surface area contributed by atoms with Crippen molar-refractivity contribution < 1.29 is 22.6 Å². The zero-order valence-electron chi connectivity index (χ0n) is 14.2. The molecule has 0 aliphatic carbocycles. The maximum absolute atomic E-state index is 12.7. The van der Waals surface area contributed by atoms with E-state index in [1.807, 2.05) is 0 Å². The van der Waals surface area contributed by atoms with Gasteiger partial charge < -0.3 is 9.32 Å². The van der Waals surface area contributed by atoms with Crippen LogP contribution in [-0.2, 0) is 14.8 Å². The number of carbonyl (C=O) groups excluding carboxylic acids is 1. The molecule has 1 aromatic carbocycles. The van der Waals surface area contributed by atoms with Gasteiger partial charge in [-0.15, -0.1) is 0 Å². The predicted molar refractivity (Wildman–Crippen MR) is 96.2 cm³/mol. The second-order valence-electron chi connectivity index (χ2n) is 5.83. The molecule has 0 spiro atoms. The Hall–Kier alpha value is -2.98. The summed E-state index contributed by atoms with van der Waals surface area (Å²) in [4.78, 5) is 23.8. The molecule has 9 nitrogen and oxygen atoms in total. The quantitative estimate of drug-likeness (QED) is 0.436. The van der Waals surface area contributed by atoms with Crippen LogP contribution in [0, 0.1) is 10.1 Å². The molecular weight excluding hydrogens is 374 g/mol. The molecule has 0 atom stereocenters. The zero-order chi connectivity index (χ0) is 19.4. The minimum Gasteiger partial charge on any atom is -0.465 e. The molecule has 2 heterocycles. The molecule has 0 unspecified atom stereocenters. The molecule has 1 aliphatic heterocycles. The van der Waals surface area contributed by atoms with E-state index in [1.54, 1.807) is 23.1 Å².